The molecule has 2 heterocycles. The highest BCUT2D eigenvalue weighted by molar-refractivity contribution is 6.07. The number of rotatable bonds is 5. The molecule has 3 aromatic carbocycles. The van der Waals surface area contributed by atoms with Crippen LogP contribution in [0.1, 0.15) is 22.7 Å². The predicted octanol–water partition coefficient (Wildman–Crippen LogP) is 4.40. The van der Waals surface area contributed by atoms with E-state index in [-0.39, 0.29) is 11.8 Å². The van der Waals surface area contributed by atoms with E-state index in [2.05, 4.69) is 4.90 Å². The maximum atomic E-state index is 12.0. The van der Waals surface area contributed by atoms with Crippen LogP contribution in [0.3, 0.4) is 0 Å². The summed E-state index contributed by atoms with van der Waals surface area (Å²) in [6, 6.07) is 14.7. The highest BCUT2D eigenvalue weighted by Gasteiger charge is 2.28. The molecule has 1 unspecified atom stereocenters. The zero-order valence-electron chi connectivity index (χ0n) is 19.5. The third-order valence-corrected chi connectivity index (χ3v) is 6.54. The monoisotopic (exact) mass is 461 g/mol. The molecular weight excluding hydrogens is 434 g/mol. The molecule has 1 fully saturated rings. The summed E-state index contributed by atoms with van der Waals surface area (Å²) in [5.41, 5.74) is 2.65. The maximum absolute atomic E-state index is 12.0. The van der Waals surface area contributed by atoms with Crippen LogP contribution in [0.15, 0.2) is 57.7 Å². The first kappa shape index (κ1) is 22.3. The van der Waals surface area contributed by atoms with Crippen molar-refractivity contribution in [3.8, 4) is 17.2 Å². The van der Waals surface area contributed by atoms with Crippen LogP contribution in [0.25, 0.3) is 21.7 Å². The van der Waals surface area contributed by atoms with Crippen molar-refractivity contribution >= 4 is 21.7 Å². The van der Waals surface area contributed by atoms with Crippen molar-refractivity contribution in [3.05, 3.63) is 75.6 Å². The Kier molecular flexibility index (Phi) is 5.89. The molecule has 0 bridgehead atoms. The number of hydrogen-bond acceptors (Lipinski definition) is 7. The van der Waals surface area contributed by atoms with Crippen LogP contribution in [-0.4, -0.2) is 50.5 Å². The van der Waals surface area contributed by atoms with Gasteiger partial charge in [-0.25, -0.2) is 4.79 Å². The molecule has 176 valence electrons. The molecule has 34 heavy (non-hydrogen) atoms. The van der Waals surface area contributed by atoms with Gasteiger partial charge in [0, 0.05) is 40.9 Å². The molecule has 7 heteroatoms. The quantitative estimate of drug-likeness (QED) is 0.349. The minimum Gasteiger partial charge on any atom is -0.507 e. The molecular formula is C27H27NO6. The molecule has 1 aliphatic rings. The molecule has 1 N–H and O–H groups in total. The summed E-state index contributed by atoms with van der Waals surface area (Å²) in [4.78, 5) is 14.3. The molecule has 0 radical (unpaired) electrons. The third kappa shape index (κ3) is 3.77. The van der Waals surface area contributed by atoms with Gasteiger partial charge in [-0.3, -0.25) is 4.90 Å². The van der Waals surface area contributed by atoms with Gasteiger partial charge < -0.3 is 23.7 Å². The molecule has 0 spiro atoms. The molecule has 7 nitrogen and oxygen atoms in total. The van der Waals surface area contributed by atoms with Crippen molar-refractivity contribution < 1.29 is 23.7 Å². The predicted molar refractivity (Wildman–Crippen MR) is 130 cm³/mol. The fourth-order valence-electron chi connectivity index (χ4n) is 4.85. The fourth-order valence-corrected chi connectivity index (χ4v) is 4.85. The number of fused-ring (bicyclic) bond motifs is 3. The molecule has 1 aromatic heterocycles. The lowest BCUT2D eigenvalue weighted by molar-refractivity contribution is 0.0235. The first-order chi connectivity index (χ1) is 16.5. The summed E-state index contributed by atoms with van der Waals surface area (Å²) < 4.78 is 22.1. The molecule has 1 atom stereocenters. The second-order valence-corrected chi connectivity index (χ2v) is 8.45. The Morgan fingerprint density at radius 2 is 1.62 bits per heavy atom. The van der Waals surface area contributed by atoms with Crippen LogP contribution in [0.2, 0.25) is 0 Å². The smallest absolute Gasteiger partial charge is 0.336 e. The number of aryl methyl sites for hydroxylation is 1. The molecule has 0 aliphatic carbocycles. The lowest BCUT2D eigenvalue weighted by atomic mass is 9.92. The minimum absolute atomic E-state index is 0.162. The summed E-state index contributed by atoms with van der Waals surface area (Å²) in [6.45, 7) is 4.57. The molecule has 0 amide bonds. The standard InChI is InChI=1S/C27H27NO6/c1-16-14-24(29)34-27-18(16)5-6-19-20(27)7-8-21(26(19)30)25(28-10-12-33-13-11-28)17-4-9-22(31-2)23(15-17)32-3/h4-9,14-15,25,30H,10-13H2,1-3H3. The summed E-state index contributed by atoms with van der Waals surface area (Å²) in [5, 5.41) is 13.7. The van der Waals surface area contributed by atoms with E-state index in [1.807, 2.05) is 49.4 Å². The van der Waals surface area contributed by atoms with Gasteiger partial charge in [0.2, 0.25) is 0 Å². The highest BCUT2D eigenvalue weighted by atomic mass is 16.5. The topological polar surface area (TPSA) is 81.4 Å². The normalized spacial score (nSPS) is 15.5. The maximum Gasteiger partial charge on any atom is 0.336 e. The van der Waals surface area contributed by atoms with Crippen LogP contribution in [-0.2, 0) is 4.74 Å². The zero-order chi connectivity index (χ0) is 23.8. The lowest BCUT2D eigenvalue weighted by Gasteiger charge is -2.35. The fraction of sp³-hybridized carbons (Fsp3) is 0.296. The van der Waals surface area contributed by atoms with Crippen LogP contribution < -0.4 is 15.1 Å². The number of nitrogens with zero attached hydrogens (tertiary/aromatic N) is 1. The number of ether oxygens (including phenoxy) is 3. The second-order valence-electron chi connectivity index (χ2n) is 8.45. The van der Waals surface area contributed by atoms with E-state index in [0.717, 1.165) is 35.2 Å². The van der Waals surface area contributed by atoms with Gasteiger partial charge in [0.15, 0.2) is 11.5 Å². The van der Waals surface area contributed by atoms with Crippen molar-refractivity contribution in [1.82, 2.24) is 4.90 Å². The number of aromatic hydroxyl groups is 1. The highest BCUT2D eigenvalue weighted by Crippen LogP contribution is 2.42. The van der Waals surface area contributed by atoms with Gasteiger partial charge in [0.25, 0.3) is 0 Å². The molecule has 1 saturated heterocycles. The molecule has 5 rings (SSSR count). The summed E-state index contributed by atoms with van der Waals surface area (Å²) >= 11 is 0. The number of phenolic OH excluding ortho intramolecular Hbond substituents is 1. The van der Waals surface area contributed by atoms with Crippen LogP contribution in [0.4, 0.5) is 0 Å². The van der Waals surface area contributed by atoms with Crippen LogP contribution in [0.5, 0.6) is 17.2 Å². The minimum atomic E-state index is -0.405. The van der Waals surface area contributed by atoms with Gasteiger partial charge in [-0.15, -0.1) is 0 Å². The van der Waals surface area contributed by atoms with Crippen molar-refractivity contribution in [2.45, 2.75) is 13.0 Å². The van der Waals surface area contributed by atoms with E-state index in [1.165, 1.54) is 6.07 Å². The summed E-state index contributed by atoms with van der Waals surface area (Å²) in [5.74, 6) is 1.43. The Morgan fingerprint density at radius 1 is 0.912 bits per heavy atom. The number of benzene rings is 3. The van der Waals surface area contributed by atoms with Gasteiger partial charge in [0.1, 0.15) is 11.3 Å². The zero-order valence-corrected chi connectivity index (χ0v) is 19.5. The second kappa shape index (κ2) is 9.00. The Bertz CT molecular complexity index is 1420. The third-order valence-electron chi connectivity index (χ3n) is 6.54. The summed E-state index contributed by atoms with van der Waals surface area (Å²) in [6.07, 6.45) is 0. The van der Waals surface area contributed by atoms with Crippen molar-refractivity contribution in [2.75, 3.05) is 40.5 Å². The van der Waals surface area contributed by atoms with E-state index in [9.17, 15) is 9.90 Å². The number of methoxy groups -OCH3 is 2. The van der Waals surface area contributed by atoms with Crippen molar-refractivity contribution in [3.63, 3.8) is 0 Å². The van der Waals surface area contributed by atoms with Crippen LogP contribution in [0, 0.1) is 6.92 Å². The number of hydrogen-bond donors (Lipinski definition) is 1. The van der Waals surface area contributed by atoms with Crippen LogP contribution >= 0.6 is 0 Å². The number of morpholine rings is 1. The summed E-state index contributed by atoms with van der Waals surface area (Å²) in [7, 11) is 3.22. The molecule has 4 aromatic rings. The number of phenols is 1. The first-order valence-corrected chi connectivity index (χ1v) is 11.2. The van der Waals surface area contributed by atoms with Gasteiger partial charge in [-0.05, 0) is 42.3 Å². The van der Waals surface area contributed by atoms with Gasteiger partial charge in [0.05, 0.1) is 33.5 Å². The SMILES string of the molecule is COc1ccc(C(c2ccc3c(ccc4c(C)cc(=O)oc43)c2O)N2CCOCC2)cc1OC. The van der Waals surface area contributed by atoms with E-state index in [4.69, 9.17) is 18.6 Å². The van der Waals surface area contributed by atoms with Crippen molar-refractivity contribution in [2.24, 2.45) is 0 Å². The van der Waals surface area contributed by atoms with Gasteiger partial charge in [-0.1, -0.05) is 18.2 Å². The Hall–Kier alpha value is -3.55. The van der Waals surface area contributed by atoms with Gasteiger partial charge >= 0.3 is 5.63 Å². The van der Waals surface area contributed by atoms with Crippen molar-refractivity contribution in [1.29, 1.82) is 0 Å². The average molecular weight is 462 g/mol. The largest absolute Gasteiger partial charge is 0.507 e. The Balaban J connectivity index is 1.72. The average Bonchev–Trinajstić information content (AvgIpc) is 2.86. The van der Waals surface area contributed by atoms with E-state index < -0.39 is 5.63 Å². The Labute approximate surface area is 197 Å². The molecule has 0 saturated carbocycles. The lowest BCUT2D eigenvalue weighted by Crippen LogP contribution is -2.39. The van der Waals surface area contributed by atoms with E-state index in [1.54, 1.807) is 14.2 Å². The van der Waals surface area contributed by atoms with Gasteiger partial charge in [-0.2, -0.15) is 0 Å². The van der Waals surface area contributed by atoms with E-state index >= 15 is 0 Å². The molecule has 1 aliphatic heterocycles. The van der Waals surface area contributed by atoms with E-state index in [0.29, 0.717) is 41.1 Å². The Morgan fingerprint density at radius 3 is 2.35 bits per heavy atom. The first-order valence-electron chi connectivity index (χ1n) is 11.2.